The SMILES string of the molecule is COC(=O)c1scc(C)c1-n1cccc1. The molecule has 0 radical (unpaired) electrons. The van der Waals surface area contributed by atoms with Gasteiger partial charge in [0.2, 0.25) is 0 Å². The van der Waals surface area contributed by atoms with E-state index in [4.69, 9.17) is 4.74 Å². The highest BCUT2D eigenvalue weighted by molar-refractivity contribution is 7.12. The van der Waals surface area contributed by atoms with Crippen LogP contribution in [0.5, 0.6) is 0 Å². The number of thiophene rings is 1. The predicted octanol–water partition coefficient (Wildman–Crippen LogP) is 2.63. The fourth-order valence-corrected chi connectivity index (χ4v) is 2.44. The van der Waals surface area contributed by atoms with Gasteiger partial charge in [0, 0.05) is 12.4 Å². The van der Waals surface area contributed by atoms with Crippen molar-refractivity contribution in [3.63, 3.8) is 0 Å². The lowest BCUT2D eigenvalue weighted by Gasteiger charge is -2.05. The standard InChI is InChI=1S/C11H11NO2S/c1-8-7-15-10(11(13)14-2)9(8)12-5-3-4-6-12/h3-7H,1-2H3. The van der Waals surface area contributed by atoms with Gasteiger partial charge in [-0.05, 0) is 30.0 Å². The molecule has 2 heterocycles. The molecule has 0 aliphatic carbocycles. The van der Waals surface area contributed by atoms with Crippen molar-refractivity contribution in [2.24, 2.45) is 0 Å². The van der Waals surface area contributed by atoms with Gasteiger partial charge in [-0.1, -0.05) is 0 Å². The average molecular weight is 221 g/mol. The summed E-state index contributed by atoms with van der Waals surface area (Å²) in [6.45, 7) is 1.98. The number of rotatable bonds is 2. The van der Waals surface area contributed by atoms with Gasteiger partial charge in [-0.15, -0.1) is 11.3 Å². The molecule has 0 saturated carbocycles. The number of nitrogens with zero attached hydrogens (tertiary/aromatic N) is 1. The molecule has 2 rings (SSSR count). The maximum absolute atomic E-state index is 11.5. The van der Waals surface area contributed by atoms with E-state index in [0.717, 1.165) is 11.3 Å². The Bertz CT molecular complexity index is 471. The summed E-state index contributed by atoms with van der Waals surface area (Å²) in [7, 11) is 1.40. The Morgan fingerprint density at radius 3 is 2.67 bits per heavy atom. The summed E-state index contributed by atoms with van der Waals surface area (Å²) < 4.78 is 6.68. The van der Waals surface area contributed by atoms with Crippen molar-refractivity contribution >= 4 is 17.3 Å². The molecule has 0 bridgehead atoms. The van der Waals surface area contributed by atoms with E-state index in [0.29, 0.717) is 4.88 Å². The van der Waals surface area contributed by atoms with Gasteiger partial charge in [-0.3, -0.25) is 0 Å². The van der Waals surface area contributed by atoms with E-state index >= 15 is 0 Å². The fourth-order valence-electron chi connectivity index (χ4n) is 1.48. The third-order valence-corrected chi connectivity index (χ3v) is 3.24. The maximum atomic E-state index is 11.5. The molecule has 15 heavy (non-hydrogen) atoms. The Morgan fingerprint density at radius 2 is 2.07 bits per heavy atom. The fraction of sp³-hybridized carbons (Fsp3) is 0.182. The topological polar surface area (TPSA) is 31.2 Å². The number of ether oxygens (including phenoxy) is 1. The Kier molecular flexibility index (Phi) is 2.60. The molecule has 0 saturated heterocycles. The monoisotopic (exact) mass is 221 g/mol. The van der Waals surface area contributed by atoms with Gasteiger partial charge >= 0.3 is 5.97 Å². The molecule has 4 heteroatoms. The first-order valence-corrected chi connectivity index (χ1v) is 5.41. The molecule has 0 aromatic carbocycles. The Labute approximate surface area is 91.9 Å². The Morgan fingerprint density at radius 1 is 1.40 bits per heavy atom. The maximum Gasteiger partial charge on any atom is 0.350 e. The van der Waals surface area contributed by atoms with Crippen molar-refractivity contribution in [1.82, 2.24) is 4.57 Å². The van der Waals surface area contributed by atoms with E-state index in [1.54, 1.807) is 0 Å². The van der Waals surface area contributed by atoms with E-state index < -0.39 is 0 Å². The van der Waals surface area contributed by atoms with Gasteiger partial charge in [-0.2, -0.15) is 0 Å². The lowest BCUT2D eigenvalue weighted by molar-refractivity contribution is 0.0606. The van der Waals surface area contributed by atoms with E-state index in [2.05, 4.69) is 0 Å². The molecule has 78 valence electrons. The summed E-state index contributed by atoms with van der Waals surface area (Å²) in [6.07, 6.45) is 3.84. The predicted molar refractivity (Wildman–Crippen MR) is 59.7 cm³/mol. The highest BCUT2D eigenvalue weighted by atomic mass is 32.1. The van der Waals surface area contributed by atoms with Crippen LogP contribution in [0.2, 0.25) is 0 Å². The number of aryl methyl sites for hydroxylation is 1. The van der Waals surface area contributed by atoms with Crippen LogP contribution in [0.1, 0.15) is 15.2 Å². The van der Waals surface area contributed by atoms with Crippen LogP contribution in [-0.4, -0.2) is 17.6 Å². The first-order valence-electron chi connectivity index (χ1n) is 4.54. The molecule has 0 atom stereocenters. The second-order valence-corrected chi connectivity index (χ2v) is 4.06. The first-order chi connectivity index (χ1) is 7.24. The van der Waals surface area contributed by atoms with Crippen LogP contribution in [0.3, 0.4) is 0 Å². The molecule has 3 nitrogen and oxygen atoms in total. The molecule has 0 aliphatic rings. The number of esters is 1. The van der Waals surface area contributed by atoms with Crippen LogP contribution in [0.15, 0.2) is 29.9 Å². The van der Waals surface area contributed by atoms with Crippen molar-refractivity contribution < 1.29 is 9.53 Å². The summed E-state index contributed by atoms with van der Waals surface area (Å²) in [5, 5.41) is 1.96. The lowest BCUT2D eigenvalue weighted by Crippen LogP contribution is -2.04. The van der Waals surface area contributed by atoms with Gasteiger partial charge in [0.15, 0.2) is 0 Å². The van der Waals surface area contributed by atoms with Crippen LogP contribution in [0, 0.1) is 6.92 Å². The normalized spacial score (nSPS) is 10.3. The zero-order valence-corrected chi connectivity index (χ0v) is 9.38. The minimum absolute atomic E-state index is 0.281. The highest BCUT2D eigenvalue weighted by Gasteiger charge is 2.17. The van der Waals surface area contributed by atoms with Crippen molar-refractivity contribution in [1.29, 1.82) is 0 Å². The molecular weight excluding hydrogens is 210 g/mol. The van der Waals surface area contributed by atoms with Gasteiger partial charge < -0.3 is 9.30 Å². The first kappa shape index (κ1) is 9.98. The van der Waals surface area contributed by atoms with Crippen molar-refractivity contribution in [3.05, 3.63) is 40.3 Å². The minimum atomic E-state index is -0.281. The average Bonchev–Trinajstić information content (AvgIpc) is 2.85. The van der Waals surface area contributed by atoms with Gasteiger partial charge in [0.05, 0.1) is 12.8 Å². The number of carbonyl (C=O) groups is 1. The van der Waals surface area contributed by atoms with Crippen molar-refractivity contribution in [2.75, 3.05) is 7.11 Å². The van der Waals surface area contributed by atoms with Crippen LogP contribution >= 0.6 is 11.3 Å². The summed E-state index contributed by atoms with van der Waals surface area (Å²) in [5.41, 5.74) is 1.99. The van der Waals surface area contributed by atoms with E-state index in [1.165, 1.54) is 18.4 Å². The third-order valence-electron chi connectivity index (χ3n) is 2.18. The summed E-state index contributed by atoms with van der Waals surface area (Å²) in [5.74, 6) is -0.281. The molecular formula is C11H11NO2S. The third kappa shape index (κ3) is 1.68. The quantitative estimate of drug-likeness (QED) is 0.730. The molecule has 2 aromatic rings. The highest BCUT2D eigenvalue weighted by Crippen LogP contribution is 2.26. The summed E-state index contributed by atoms with van der Waals surface area (Å²) >= 11 is 1.41. The van der Waals surface area contributed by atoms with Crippen molar-refractivity contribution in [3.8, 4) is 5.69 Å². The number of aromatic nitrogens is 1. The molecule has 2 aromatic heterocycles. The minimum Gasteiger partial charge on any atom is -0.465 e. The van der Waals surface area contributed by atoms with Gasteiger partial charge in [-0.25, -0.2) is 4.79 Å². The van der Waals surface area contributed by atoms with E-state index in [1.807, 2.05) is 41.4 Å². The van der Waals surface area contributed by atoms with Gasteiger partial charge in [0.1, 0.15) is 4.88 Å². The van der Waals surface area contributed by atoms with Crippen LogP contribution in [0.4, 0.5) is 0 Å². The number of hydrogen-bond acceptors (Lipinski definition) is 3. The van der Waals surface area contributed by atoms with E-state index in [9.17, 15) is 4.79 Å². The summed E-state index contributed by atoms with van der Waals surface area (Å²) in [6, 6.07) is 3.86. The zero-order valence-electron chi connectivity index (χ0n) is 8.56. The number of methoxy groups -OCH3 is 1. The van der Waals surface area contributed by atoms with E-state index in [-0.39, 0.29) is 5.97 Å². The lowest BCUT2D eigenvalue weighted by atomic mass is 10.2. The number of carbonyl (C=O) groups excluding carboxylic acids is 1. The molecule has 0 N–H and O–H groups in total. The smallest absolute Gasteiger partial charge is 0.350 e. The second-order valence-electron chi connectivity index (χ2n) is 3.18. The summed E-state index contributed by atoms with van der Waals surface area (Å²) in [4.78, 5) is 12.2. The number of hydrogen-bond donors (Lipinski definition) is 0. The van der Waals surface area contributed by atoms with Gasteiger partial charge in [0.25, 0.3) is 0 Å². The molecule has 0 aliphatic heterocycles. The second kappa shape index (κ2) is 3.90. The van der Waals surface area contributed by atoms with Crippen LogP contribution in [0.25, 0.3) is 5.69 Å². The van der Waals surface area contributed by atoms with Crippen molar-refractivity contribution in [2.45, 2.75) is 6.92 Å². The zero-order chi connectivity index (χ0) is 10.8. The molecule has 0 fully saturated rings. The van der Waals surface area contributed by atoms with Crippen LogP contribution < -0.4 is 0 Å². The molecule has 0 unspecified atom stereocenters. The van der Waals surface area contributed by atoms with Crippen LogP contribution in [-0.2, 0) is 4.74 Å². The Hall–Kier alpha value is -1.55. The molecule has 0 spiro atoms. The largest absolute Gasteiger partial charge is 0.465 e. The Balaban J connectivity index is 2.55. The molecule has 0 amide bonds.